The molecule has 5 heteroatoms. The van der Waals surface area contributed by atoms with E-state index in [1.807, 2.05) is 0 Å². The summed E-state index contributed by atoms with van der Waals surface area (Å²) in [6.45, 7) is 4.81. The molecule has 1 heterocycles. The van der Waals surface area contributed by atoms with Crippen LogP contribution < -0.4 is 5.32 Å². The SMILES string of the molecule is CC(=O)NC1C(C)OC(C)C(O)C1O. The third-order valence-electron chi connectivity index (χ3n) is 2.50. The summed E-state index contributed by atoms with van der Waals surface area (Å²) in [5.41, 5.74) is 0. The molecule has 1 fully saturated rings. The van der Waals surface area contributed by atoms with Crippen molar-refractivity contribution in [3.05, 3.63) is 0 Å². The van der Waals surface area contributed by atoms with Gasteiger partial charge in [0.05, 0.1) is 18.2 Å². The van der Waals surface area contributed by atoms with Gasteiger partial charge in [-0.1, -0.05) is 0 Å². The first-order chi connectivity index (χ1) is 6.43. The number of rotatable bonds is 1. The van der Waals surface area contributed by atoms with E-state index in [0.29, 0.717) is 0 Å². The minimum absolute atomic E-state index is 0.244. The molecule has 1 aliphatic heterocycles. The molecule has 0 spiro atoms. The van der Waals surface area contributed by atoms with Crippen molar-refractivity contribution in [3.8, 4) is 0 Å². The van der Waals surface area contributed by atoms with Crippen molar-refractivity contribution in [2.24, 2.45) is 0 Å². The van der Waals surface area contributed by atoms with Crippen molar-refractivity contribution in [1.82, 2.24) is 5.32 Å². The molecule has 0 bridgehead atoms. The lowest BCUT2D eigenvalue weighted by Crippen LogP contribution is -2.61. The molecule has 0 saturated carbocycles. The number of ether oxygens (including phenoxy) is 1. The fourth-order valence-electron chi connectivity index (χ4n) is 1.71. The summed E-state index contributed by atoms with van der Waals surface area (Å²) >= 11 is 0. The van der Waals surface area contributed by atoms with Gasteiger partial charge in [0.15, 0.2) is 0 Å². The molecular formula is C9H17NO4. The van der Waals surface area contributed by atoms with Crippen molar-refractivity contribution in [3.63, 3.8) is 0 Å². The van der Waals surface area contributed by atoms with Gasteiger partial charge in [0, 0.05) is 6.92 Å². The average Bonchev–Trinajstić information content (AvgIpc) is 2.09. The van der Waals surface area contributed by atoms with Crippen LogP contribution in [-0.4, -0.2) is 46.6 Å². The smallest absolute Gasteiger partial charge is 0.217 e. The van der Waals surface area contributed by atoms with Crippen LogP contribution in [0.1, 0.15) is 20.8 Å². The molecule has 1 aliphatic rings. The third kappa shape index (κ3) is 2.23. The molecule has 3 N–H and O–H groups in total. The summed E-state index contributed by atoms with van der Waals surface area (Å²) in [5.74, 6) is -0.244. The van der Waals surface area contributed by atoms with Crippen LogP contribution in [0.4, 0.5) is 0 Å². The van der Waals surface area contributed by atoms with E-state index in [9.17, 15) is 15.0 Å². The fraction of sp³-hybridized carbons (Fsp3) is 0.889. The van der Waals surface area contributed by atoms with Crippen molar-refractivity contribution in [2.45, 2.75) is 51.2 Å². The molecule has 0 aromatic heterocycles. The second kappa shape index (κ2) is 4.25. The first-order valence-electron chi connectivity index (χ1n) is 4.72. The molecule has 5 atom stereocenters. The van der Waals surface area contributed by atoms with E-state index in [4.69, 9.17) is 4.74 Å². The van der Waals surface area contributed by atoms with E-state index in [2.05, 4.69) is 5.32 Å². The number of carbonyl (C=O) groups excluding carboxylic acids is 1. The first kappa shape index (κ1) is 11.4. The predicted octanol–water partition coefficient (Wildman–Crippen LogP) is -0.980. The van der Waals surface area contributed by atoms with Crippen molar-refractivity contribution < 1.29 is 19.7 Å². The Morgan fingerprint density at radius 3 is 2.29 bits per heavy atom. The van der Waals surface area contributed by atoms with E-state index >= 15 is 0 Å². The van der Waals surface area contributed by atoms with Crippen molar-refractivity contribution >= 4 is 5.91 Å². The van der Waals surface area contributed by atoms with Crippen LogP contribution in [0.5, 0.6) is 0 Å². The van der Waals surface area contributed by atoms with Crippen LogP contribution in [0, 0.1) is 0 Å². The molecule has 0 aromatic rings. The Bertz CT molecular complexity index is 221. The summed E-state index contributed by atoms with van der Waals surface area (Å²) in [5, 5.41) is 21.8. The van der Waals surface area contributed by atoms with Gasteiger partial charge in [0.25, 0.3) is 0 Å². The molecule has 1 amide bonds. The number of carbonyl (C=O) groups is 1. The van der Waals surface area contributed by atoms with Crippen molar-refractivity contribution in [2.75, 3.05) is 0 Å². The molecule has 5 nitrogen and oxygen atoms in total. The zero-order valence-corrected chi connectivity index (χ0v) is 8.60. The normalized spacial score (nSPS) is 43.4. The highest BCUT2D eigenvalue weighted by molar-refractivity contribution is 5.73. The zero-order valence-electron chi connectivity index (χ0n) is 8.60. The highest BCUT2D eigenvalue weighted by Crippen LogP contribution is 2.20. The summed E-state index contributed by atoms with van der Waals surface area (Å²) in [7, 11) is 0. The minimum Gasteiger partial charge on any atom is -0.388 e. The number of nitrogens with one attached hydrogen (secondary N) is 1. The molecule has 1 rings (SSSR count). The predicted molar refractivity (Wildman–Crippen MR) is 49.6 cm³/mol. The first-order valence-corrected chi connectivity index (χ1v) is 4.72. The monoisotopic (exact) mass is 203 g/mol. The van der Waals surface area contributed by atoms with Crippen LogP contribution in [0.3, 0.4) is 0 Å². The molecule has 1 saturated heterocycles. The molecule has 0 radical (unpaired) electrons. The number of aliphatic hydroxyl groups is 2. The third-order valence-corrected chi connectivity index (χ3v) is 2.50. The van der Waals surface area contributed by atoms with Crippen molar-refractivity contribution in [1.29, 1.82) is 0 Å². The van der Waals surface area contributed by atoms with E-state index in [-0.39, 0.29) is 12.0 Å². The largest absolute Gasteiger partial charge is 0.388 e. The van der Waals surface area contributed by atoms with E-state index in [0.717, 1.165) is 0 Å². The molecule has 0 aliphatic carbocycles. The molecule has 5 unspecified atom stereocenters. The van der Waals surface area contributed by atoms with Gasteiger partial charge < -0.3 is 20.3 Å². The maximum Gasteiger partial charge on any atom is 0.217 e. The Kier molecular flexibility index (Phi) is 3.47. The van der Waals surface area contributed by atoms with Crippen LogP contribution in [0.2, 0.25) is 0 Å². The van der Waals surface area contributed by atoms with Gasteiger partial charge in [-0.05, 0) is 13.8 Å². The number of hydrogen-bond acceptors (Lipinski definition) is 4. The quantitative estimate of drug-likeness (QED) is 0.512. The zero-order chi connectivity index (χ0) is 10.9. The van der Waals surface area contributed by atoms with Crippen LogP contribution in [0.15, 0.2) is 0 Å². The van der Waals surface area contributed by atoms with Gasteiger partial charge >= 0.3 is 0 Å². The standard InChI is InChI=1S/C9H17NO4/c1-4-7(10-6(3)11)9(13)8(12)5(2)14-4/h4-5,7-9,12-13H,1-3H3,(H,10,11). The van der Waals surface area contributed by atoms with E-state index in [1.54, 1.807) is 13.8 Å². The van der Waals surface area contributed by atoms with Crippen LogP contribution in [0.25, 0.3) is 0 Å². The second-order valence-corrected chi connectivity index (χ2v) is 3.75. The topological polar surface area (TPSA) is 78.8 Å². The van der Waals surface area contributed by atoms with Gasteiger partial charge in [-0.3, -0.25) is 4.79 Å². The van der Waals surface area contributed by atoms with Gasteiger partial charge in [0.2, 0.25) is 5.91 Å². The molecular weight excluding hydrogens is 186 g/mol. The lowest BCUT2D eigenvalue weighted by Gasteiger charge is -2.40. The Morgan fingerprint density at radius 1 is 1.21 bits per heavy atom. The van der Waals surface area contributed by atoms with Gasteiger partial charge in [-0.2, -0.15) is 0 Å². The Balaban J connectivity index is 2.68. The van der Waals surface area contributed by atoms with Crippen LogP contribution >= 0.6 is 0 Å². The maximum absolute atomic E-state index is 10.8. The van der Waals surface area contributed by atoms with Gasteiger partial charge in [0.1, 0.15) is 12.2 Å². The highest BCUT2D eigenvalue weighted by Gasteiger charge is 2.40. The molecule has 14 heavy (non-hydrogen) atoms. The molecule has 82 valence electrons. The number of hydrogen-bond donors (Lipinski definition) is 3. The highest BCUT2D eigenvalue weighted by atomic mass is 16.5. The lowest BCUT2D eigenvalue weighted by molar-refractivity contribution is -0.175. The summed E-state index contributed by atoms with van der Waals surface area (Å²) in [6, 6.07) is -0.543. The van der Waals surface area contributed by atoms with Crippen LogP contribution in [-0.2, 0) is 9.53 Å². The minimum atomic E-state index is -0.974. The Hall–Kier alpha value is -0.650. The van der Waals surface area contributed by atoms with E-state index < -0.39 is 24.4 Å². The summed E-state index contributed by atoms with van der Waals surface area (Å²) in [6.07, 6.45) is -2.64. The maximum atomic E-state index is 10.8. The Morgan fingerprint density at radius 2 is 1.79 bits per heavy atom. The van der Waals surface area contributed by atoms with Gasteiger partial charge in [-0.15, -0.1) is 0 Å². The Labute approximate surface area is 83.1 Å². The van der Waals surface area contributed by atoms with E-state index in [1.165, 1.54) is 6.92 Å². The number of amides is 1. The lowest BCUT2D eigenvalue weighted by atomic mass is 9.94. The second-order valence-electron chi connectivity index (χ2n) is 3.75. The number of aliphatic hydroxyl groups excluding tert-OH is 2. The molecule has 0 aromatic carbocycles. The van der Waals surface area contributed by atoms with Gasteiger partial charge in [-0.25, -0.2) is 0 Å². The summed E-state index contributed by atoms with van der Waals surface area (Å²) < 4.78 is 5.36. The average molecular weight is 203 g/mol. The summed E-state index contributed by atoms with van der Waals surface area (Å²) in [4.78, 5) is 10.8. The fourth-order valence-corrected chi connectivity index (χ4v) is 1.71.